The van der Waals surface area contributed by atoms with Crippen molar-refractivity contribution in [3.63, 3.8) is 0 Å². The van der Waals surface area contributed by atoms with Crippen molar-refractivity contribution in [2.75, 3.05) is 5.32 Å². The first-order valence-electron chi connectivity index (χ1n) is 5.33. The smallest absolute Gasteiger partial charge is 0.187 e. The predicted octanol–water partition coefficient (Wildman–Crippen LogP) is 4.18. The minimum absolute atomic E-state index is 0.0293. The molecule has 100 valence electrons. The van der Waals surface area contributed by atoms with Crippen LogP contribution in [0.15, 0.2) is 34.8 Å². The highest BCUT2D eigenvalue weighted by molar-refractivity contribution is 9.10. The second kappa shape index (κ2) is 5.52. The summed E-state index contributed by atoms with van der Waals surface area (Å²) in [6.45, 7) is 0.0293. The Labute approximate surface area is 116 Å². The van der Waals surface area contributed by atoms with Crippen LogP contribution in [0.5, 0.6) is 5.75 Å². The Morgan fingerprint density at radius 3 is 2.26 bits per heavy atom. The van der Waals surface area contributed by atoms with Crippen molar-refractivity contribution in [1.29, 1.82) is 0 Å². The highest BCUT2D eigenvalue weighted by atomic mass is 79.9. The molecule has 2 rings (SSSR count). The lowest BCUT2D eigenvalue weighted by Gasteiger charge is -2.09. The molecule has 0 atom stereocenters. The number of hydrogen-bond donors (Lipinski definition) is 2. The quantitative estimate of drug-likeness (QED) is 0.884. The molecule has 0 amide bonds. The Bertz CT molecular complexity index is 596. The molecule has 0 bridgehead atoms. The number of anilines is 1. The highest BCUT2D eigenvalue weighted by Gasteiger charge is 2.10. The second-order valence-electron chi connectivity index (χ2n) is 3.89. The van der Waals surface area contributed by atoms with Crippen LogP contribution in [0.4, 0.5) is 18.9 Å². The van der Waals surface area contributed by atoms with E-state index in [1.54, 1.807) is 6.07 Å². The maximum atomic E-state index is 13.4. The molecular weight excluding hydrogens is 323 g/mol. The molecule has 19 heavy (non-hydrogen) atoms. The molecule has 2 aromatic rings. The fraction of sp³-hybridized carbons (Fsp3) is 0.0769. The van der Waals surface area contributed by atoms with E-state index in [1.807, 2.05) is 0 Å². The van der Waals surface area contributed by atoms with Crippen molar-refractivity contribution in [2.24, 2.45) is 0 Å². The summed E-state index contributed by atoms with van der Waals surface area (Å²) in [5.41, 5.74) is 0.468. The zero-order valence-corrected chi connectivity index (χ0v) is 11.1. The zero-order chi connectivity index (χ0) is 14.0. The maximum absolute atomic E-state index is 13.4. The second-order valence-corrected chi connectivity index (χ2v) is 4.80. The van der Waals surface area contributed by atoms with Crippen LogP contribution in [0.3, 0.4) is 0 Å². The van der Waals surface area contributed by atoms with Gasteiger partial charge in [0.15, 0.2) is 17.4 Å². The summed E-state index contributed by atoms with van der Waals surface area (Å²) < 4.78 is 40.3. The lowest BCUT2D eigenvalue weighted by Crippen LogP contribution is -2.02. The minimum atomic E-state index is -1.05. The van der Waals surface area contributed by atoms with Gasteiger partial charge >= 0.3 is 0 Å². The van der Waals surface area contributed by atoms with E-state index in [0.29, 0.717) is 4.47 Å². The first-order chi connectivity index (χ1) is 8.97. The zero-order valence-electron chi connectivity index (χ0n) is 9.55. The summed E-state index contributed by atoms with van der Waals surface area (Å²) in [5, 5.41) is 11.7. The summed E-state index contributed by atoms with van der Waals surface area (Å²) in [4.78, 5) is 0. The van der Waals surface area contributed by atoms with Crippen molar-refractivity contribution < 1.29 is 18.3 Å². The number of hydrogen-bond acceptors (Lipinski definition) is 2. The Balaban J connectivity index is 2.17. The fourth-order valence-corrected chi connectivity index (χ4v) is 1.91. The third-order valence-electron chi connectivity index (χ3n) is 2.49. The van der Waals surface area contributed by atoms with Crippen molar-refractivity contribution in [3.05, 3.63) is 57.8 Å². The average Bonchev–Trinajstić information content (AvgIpc) is 2.37. The largest absolute Gasteiger partial charge is 0.503 e. The lowest BCUT2D eigenvalue weighted by molar-refractivity contribution is 0.395. The molecule has 2 N–H and O–H groups in total. The van der Waals surface area contributed by atoms with E-state index in [1.165, 1.54) is 12.1 Å². The van der Waals surface area contributed by atoms with Gasteiger partial charge in [0.1, 0.15) is 5.82 Å². The van der Waals surface area contributed by atoms with Gasteiger partial charge in [-0.1, -0.05) is 15.9 Å². The summed E-state index contributed by atoms with van der Waals surface area (Å²) >= 11 is 3.20. The molecule has 6 heteroatoms. The fourth-order valence-electron chi connectivity index (χ4n) is 1.55. The molecule has 0 aliphatic heterocycles. The third kappa shape index (κ3) is 3.20. The summed E-state index contributed by atoms with van der Waals surface area (Å²) in [5.74, 6) is -3.58. The van der Waals surface area contributed by atoms with Gasteiger partial charge in [0.2, 0.25) is 0 Å². The van der Waals surface area contributed by atoms with E-state index in [0.717, 1.165) is 12.1 Å². The monoisotopic (exact) mass is 331 g/mol. The molecule has 0 aromatic heterocycles. The van der Waals surface area contributed by atoms with Crippen LogP contribution < -0.4 is 5.32 Å². The SMILES string of the molecule is Oc1c(F)cc(CNc2cc(Br)ccc2F)cc1F. The molecule has 0 fully saturated rings. The molecule has 0 radical (unpaired) electrons. The van der Waals surface area contributed by atoms with Crippen molar-refractivity contribution in [3.8, 4) is 5.75 Å². The number of phenolic OH excluding ortho intramolecular Hbond substituents is 1. The Hall–Kier alpha value is -1.69. The van der Waals surface area contributed by atoms with Crippen LogP contribution in [-0.4, -0.2) is 5.11 Å². The van der Waals surface area contributed by atoms with E-state index in [-0.39, 0.29) is 17.8 Å². The topological polar surface area (TPSA) is 32.3 Å². The van der Waals surface area contributed by atoms with E-state index in [2.05, 4.69) is 21.2 Å². The molecule has 2 nitrogen and oxygen atoms in total. The van der Waals surface area contributed by atoms with Crippen molar-refractivity contribution in [2.45, 2.75) is 6.54 Å². The summed E-state index contributed by atoms with van der Waals surface area (Å²) in [6, 6.07) is 6.30. The molecule has 0 unspecified atom stereocenters. The first kappa shape index (κ1) is 13.7. The van der Waals surface area contributed by atoms with Gasteiger partial charge in [0, 0.05) is 11.0 Å². The van der Waals surface area contributed by atoms with E-state index >= 15 is 0 Å². The van der Waals surface area contributed by atoms with Crippen LogP contribution in [0.2, 0.25) is 0 Å². The normalized spacial score (nSPS) is 10.5. The molecule has 0 heterocycles. The molecule has 0 saturated heterocycles. The van der Waals surface area contributed by atoms with Crippen molar-refractivity contribution >= 4 is 21.6 Å². The first-order valence-corrected chi connectivity index (χ1v) is 6.12. The van der Waals surface area contributed by atoms with Gasteiger partial charge in [0.05, 0.1) is 5.69 Å². The molecule has 0 aliphatic carbocycles. The highest BCUT2D eigenvalue weighted by Crippen LogP contribution is 2.23. The van der Waals surface area contributed by atoms with Crippen LogP contribution >= 0.6 is 15.9 Å². The molecule has 0 saturated carbocycles. The van der Waals surface area contributed by atoms with Gasteiger partial charge in [-0.05, 0) is 35.9 Å². The Morgan fingerprint density at radius 2 is 1.63 bits per heavy atom. The number of benzene rings is 2. The number of aromatic hydroxyl groups is 1. The molecule has 0 aliphatic rings. The standard InChI is InChI=1S/C13H9BrF3NO/c14-8-1-2-9(15)12(5-8)18-6-7-3-10(16)13(19)11(17)4-7/h1-5,18-19H,6H2. The van der Waals surface area contributed by atoms with E-state index in [9.17, 15) is 13.2 Å². The minimum Gasteiger partial charge on any atom is -0.503 e. The van der Waals surface area contributed by atoms with Gasteiger partial charge in [-0.2, -0.15) is 0 Å². The van der Waals surface area contributed by atoms with Gasteiger partial charge in [-0.25, -0.2) is 13.2 Å². The van der Waals surface area contributed by atoms with Crippen LogP contribution in [-0.2, 0) is 6.54 Å². The van der Waals surface area contributed by atoms with Crippen LogP contribution in [0, 0.1) is 17.5 Å². The lowest BCUT2D eigenvalue weighted by atomic mass is 10.2. The summed E-state index contributed by atoms with van der Waals surface area (Å²) in [7, 11) is 0. The van der Waals surface area contributed by atoms with E-state index < -0.39 is 23.2 Å². The van der Waals surface area contributed by atoms with E-state index in [4.69, 9.17) is 5.11 Å². The third-order valence-corrected chi connectivity index (χ3v) is 2.98. The van der Waals surface area contributed by atoms with Gasteiger partial charge in [-0.15, -0.1) is 0 Å². The summed E-state index contributed by atoms with van der Waals surface area (Å²) in [6.07, 6.45) is 0. The number of nitrogens with one attached hydrogen (secondary N) is 1. The number of rotatable bonds is 3. The number of phenols is 1. The Kier molecular flexibility index (Phi) is 3.99. The van der Waals surface area contributed by atoms with Crippen LogP contribution in [0.1, 0.15) is 5.56 Å². The Morgan fingerprint density at radius 1 is 1.00 bits per heavy atom. The predicted molar refractivity (Wildman–Crippen MR) is 69.4 cm³/mol. The average molecular weight is 332 g/mol. The van der Waals surface area contributed by atoms with Crippen molar-refractivity contribution in [1.82, 2.24) is 0 Å². The maximum Gasteiger partial charge on any atom is 0.187 e. The molecule has 2 aromatic carbocycles. The van der Waals surface area contributed by atoms with Gasteiger partial charge < -0.3 is 10.4 Å². The van der Waals surface area contributed by atoms with Gasteiger partial charge in [-0.3, -0.25) is 0 Å². The van der Waals surface area contributed by atoms with Gasteiger partial charge in [0.25, 0.3) is 0 Å². The molecular formula is C13H9BrF3NO. The number of halogens is 4. The van der Waals surface area contributed by atoms with Crippen LogP contribution in [0.25, 0.3) is 0 Å². The molecule has 0 spiro atoms.